The average Bonchev–Trinajstić information content (AvgIpc) is 2.58. The van der Waals surface area contributed by atoms with Crippen LogP contribution in [0.15, 0.2) is 48.5 Å². The van der Waals surface area contributed by atoms with Gasteiger partial charge in [0.1, 0.15) is 12.4 Å². The number of nitro groups is 1. The average molecular weight is 327 g/mol. The standard InChI is InChI=1S/C18H17NO5/c1-13-3-9-17(23-2)15(11-13)12-24-18(20)10-6-14-4-7-16(8-5-14)19(21)22/h3-11H,12H2,1-2H3/b10-6+. The van der Waals surface area contributed by atoms with E-state index >= 15 is 0 Å². The predicted octanol–water partition coefficient (Wildman–Crippen LogP) is 3.67. The number of nitro benzene ring substituents is 1. The zero-order valence-electron chi connectivity index (χ0n) is 13.4. The van der Waals surface area contributed by atoms with Gasteiger partial charge in [-0.2, -0.15) is 0 Å². The molecule has 0 amide bonds. The second kappa shape index (κ2) is 7.92. The minimum atomic E-state index is -0.503. The van der Waals surface area contributed by atoms with Crippen molar-refractivity contribution in [3.05, 3.63) is 75.3 Å². The van der Waals surface area contributed by atoms with Gasteiger partial charge < -0.3 is 9.47 Å². The lowest BCUT2D eigenvalue weighted by atomic mass is 10.1. The van der Waals surface area contributed by atoms with Crippen LogP contribution in [0.4, 0.5) is 5.69 Å². The van der Waals surface area contributed by atoms with Crippen molar-refractivity contribution in [1.29, 1.82) is 0 Å². The fourth-order valence-electron chi connectivity index (χ4n) is 2.09. The largest absolute Gasteiger partial charge is 0.496 e. The molecule has 0 fully saturated rings. The number of nitrogens with zero attached hydrogens (tertiary/aromatic N) is 1. The van der Waals surface area contributed by atoms with E-state index in [1.807, 2.05) is 25.1 Å². The smallest absolute Gasteiger partial charge is 0.331 e. The lowest BCUT2D eigenvalue weighted by Crippen LogP contribution is -2.02. The third-order valence-electron chi connectivity index (χ3n) is 3.32. The first-order valence-corrected chi connectivity index (χ1v) is 7.22. The van der Waals surface area contributed by atoms with Crippen molar-refractivity contribution in [1.82, 2.24) is 0 Å². The molecule has 0 aromatic heterocycles. The topological polar surface area (TPSA) is 78.7 Å². The van der Waals surface area contributed by atoms with Crippen molar-refractivity contribution in [3.8, 4) is 5.75 Å². The molecule has 6 nitrogen and oxygen atoms in total. The molecule has 0 heterocycles. The van der Waals surface area contributed by atoms with Gasteiger partial charge in [-0.1, -0.05) is 11.6 Å². The Morgan fingerprint density at radius 1 is 1.21 bits per heavy atom. The first-order valence-electron chi connectivity index (χ1n) is 7.22. The zero-order chi connectivity index (χ0) is 17.5. The van der Waals surface area contributed by atoms with Crippen LogP contribution in [0.3, 0.4) is 0 Å². The number of carbonyl (C=O) groups excluding carboxylic acids is 1. The first-order chi connectivity index (χ1) is 11.5. The van der Waals surface area contributed by atoms with E-state index in [4.69, 9.17) is 9.47 Å². The van der Waals surface area contributed by atoms with E-state index in [-0.39, 0.29) is 12.3 Å². The van der Waals surface area contributed by atoms with Crippen LogP contribution in [0.1, 0.15) is 16.7 Å². The Bertz CT molecular complexity index is 765. The third kappa shape index (κ3) is 4.67. The van der Waals surface area contributed by atoms with E-state index in [1.165, 1.54) is 18.2 Å². The van der Waals surface area contributed by atoms with Gasteiger partial charge in [-0.25, -0.2) is 4.79 Å². The van der Waals surface area contributed by atoms with Crippen LogP contribution in [0.25, 0.3) is 6.08 Å². The van der Waals surface area contributed by atoms with Crippen molar-refractivity contribution in [3.63, 3.8) is 0 Å². The van der Waals surface area contributed by atoms with Crippen molar-refractivity contribution in [2.24, 2.45) is 0 Å². The van der Waals surface area contributed by atoms with Crippen LogP contribution in [-0.2, 0) is 16.1 Å². The molecule has 0 bridgehead atoms. The molecule has 0 radical (unpaired) electrons. The number of rotatable bonds is 6. The number of aryl methyl sites for hydroxylation is 1. The first kappa shape index (κ1) is 17.2. The highest BCUT2D eigenvalue weighted by molar-refractivity contribution is 5.87. The Hall–Kier alpha value is -3.15. The predicted molar refractivity (Wildman–Crippen MR) is 89.7 cm³/mol. The van der Waals surface area contributed by atoms with Gasteiger partial charge in [-0.05, 0) is 42.8 Å². The van der Waals surface area contributed by atoms with Crippen molar-refractivity contribution in [2.75, 3.05) is 7.11 Å². The van der Waals surface area contributed by atoms with E-state index in [0.29, 0.717) is 11.3 Å². The Morgan fingerprint density at radius 3 is 2.54 bits per heavy atom. The van der Waals surface area contributed by atoms with E-state index in [9.17, 15) is 14.9 Å². The number of ether oxygens (including phenoxy) is 2. The van der Waals surface area contributed by atoms with Crippen molar-refractivity contribution in [2.45, 2.75) is 13.5 Å². The summed E-state index contributed by atoms with van der Waals surface area (Å²) in [5.74, 6) is 0.157. The minimum Gasteiger partial charge on any atom is -0.496 e. The summed E-state index contributed by atoms with van der Waals surface area (Å²) in [6.45, 7) is 2.05. The van der Waals surface area contributed by atoms with E-state index in [0.717, 1.165) is 11.1 Å². The van der Waals surface area contributed by atoms with Gasteiger partial charge in [0.2, 0.25) is 0 Å². The lowest BCUT2D eigenvalue weighted by molar-refractivity contribution is -0.384. The summed E-state index contributed by atoms with van der Waals surface area (Å²) in [7, 11) is 1.56. The van der Waals surface area contributed by atoms with Gasteiger partial charge in [0.15, 0.2) is 0 Å². The molecule has 0 aliphatic rings. The number of benzene rings is 2. The summed E-state index contributed by atoms with van der Waals surface area (Å²) in [5.41, 5.74) is 2.50. The number of hydrogen-bond acceptors (Lipinski definition) is 5. The van der Waals surface area contributed by atoms with E-state index < -0.39 is 10.9 Å². The molecule has 6 heteroatoms. The highest BCUT2D eigenvalue weighted by Crippen LogP contribution is 2.20. The van der Waals surface area contributed by atoms with Gasteiger partial charge in [0.25, 0.3) is 5.69 Å². The molecule has 2 aromatic rings. The van der Waals surface area contributed by atoms with Gasteiger partial charge in [0, 0.05) is 23.8 Å². The molecule has 2 aromatic carbocycles. The van der Waals surface area contributed by atoms with Crippen LogP contribution in [0.2, 0.25) is 0 Å². The number of esters is 1. The van der Waals surface area contributed by atoms with Gasteiger partial charge in [-0.3, -0.25) is 10.1 Å². The zero-order valence-corrected chi connectivity index (χ0v) is 13.4. The Kier molecular flexibility index (Phi) is 5.68. The maximum atomic E-state index is 11.8. The normalized spacial score (nSPS) is 10.6. The number of hydrogen-bond donors (Lipinski definition) is 0. The number of carbonyl (C=O) groups is 1. The Morgan fingerprint density at radius 2 is 1.92 bits per heavy atom. The summed E-state index contributed by atoms with van der Waals surface area (Å²) in [4.78, 5) is 21.9. The highest BCUT2D eigenvalue weighted by atomic mass is 16.6. The summed E-state index contributed by atoms with van der Waals surface area (Å²) < 4.78 is 10.4. The monoisotopic (exact) mass is 327 g/mol. The summed E-state index contributed by atoms with van der Waals surface area (Å²) in [6, 6.07) is 11.5. The molecular weight excluding hydrogens is 310 g/mol. The molecule has 2 rings (SSSR count). The molecule has 0 atom stereocenters. The minimum absolute atomic E-state index is 0.00117. The van der Waals surface area contributed by atoms with Gasteiger partial charge in [0.05, 0.1) is 12.0 Å². The van der Waals surface area contributed by atoms with Crippen molar-refractivity contribution < 1.29 is 19.2 Å². The number of methoxy groups -OCH3 is 1. The summed E-state index contributed by atoms with van der Waals surface area (Å²) in [6.07, 6.45) is 2.82. The molecule has 124 valence electrons. The molecule has 0 saturated carbocycles. The van der Waals surface area contributed by atoms with Crippen molar-refractivity contribution >= 4 is 17.7 Å². The van der Waals surface area contributed by atoms with E-state index in [1.54, 1.807) is 25.3 Å². The van der Waals surface area contributed by atoms with Crippen LogP contribution >= 0.6 is 0 Å². The fraction of sp³-hybridized carbons (Fsp3) is 0.167. The van der Waals surface area contributed by atoms with Crippen LogP contribution in [-0.4, -0.2) is 18.0 Å². The highest BCUT2D eigenvalue weighted by Gasteiger charge is 2.06. The number of non-ortho nitro benzene ring substituents is 1. The Labute approximate surface area is 139 Å². The van der Waals surface area contributed by atoms with Crippen LogP contribution < -0.4 is 4.74 Å². The molecule has 0 aliphatic heterocycles. The maximum absolute atomic E-state index is 11.8. The molecule has 24 heavy (non-hydrogen) atoms. The fourth-order valence-corrected chi connectivity index (χ4v) is 2.09. The molecule has 0 spiro atoms. The lowest BCUT2D eigenvalue weighted by Gasteiger charge is -2.09. The second-order valence-corrected chi connectivity index (χ2v) is 5.10. The van der Waals surface area contributed by atoms with Gasteiger partial charge >= 0.3 is 5.97 Å². The molecule has 0 aliphatic carbocycles. The summed E-state index contributed by atoms with van der Waals surface area (Å²) >= 11 is 0. The third-order valence-corrected chi connectivity index (χ3v) is 3.32. The van der Waals surface area contributed by atoms with Crippen LogP contribution in [0.5, 0.6) is 5.75 Å². The van der Waals surface area contributed by atoms with E-state index in [2.05, 4.69) is 0 Å². The SMILES string of the molecule is COc1ccc(C)cc1COC(=O)/C=C/c1ccc([N+](=O)[O-])cc1. The Balaban J connectivity index is 1.96. The van der Waals surface area contributed by atoms with Gasteiger partial charge in [-0.15, -0.1) is 0 Å². The molecule has 0 N–H and O–H groups in total. The molecular formula is C18H17NO5. The molecule has 0 unspecified atom stereocenters. The summed E-state index contributed by atoms with van der Waals surface area (Å²) in [5, 5.41) is 10.6. The molecule has 0 saturated heterocycles. The van der Waals surface area contributed by atoms with Crippen LogP contribution in [0, 0.1) is 17.0 Å². The maximum Gasteiger partial charge on any atom is 0.331 e. The second-order valence-electron chi connectivity index (χ2n) is 5.10. The quantitative estimate of drug-likeness (QED) is 0.350.